The monoisotopic (exact) mass is 563 g/mol. The van der Waals surface area contributed by atoms with Crippen molar-refractivity contribution in [1.29, 1.82) is 0 Å². The second kappa shape index (κ2) is 11.1. The van der Waals surface area contributed by atoms with Crippen LogP contribution in [0.3, 0.4) is 0 Å². The third-order valence-electron chi connectivity index (χ3n) is 4.47. The average molecular weight is 565 g/mol. The summed E-state index contributed by atoms with van der Waals surface area (Å²) in [6.45, 7) is 0. The number of amides is 2. The summed E-state index contributed by atoms with van der Waals surface area (Å²) in [5.41, 5.74) is 0.335. The number of rotatable bonds is 7. The Morgan fingerprint density at radius 3 is 2.56 bits per heavy atom. The zero-order valence-corrected chi connectivity index (χ0v) is 20.6. The van der Waals surface area contributed by atoms with Crippen LogP contribution in [-0.4, -0.2) is 23.8 Å². The van der Waals surface area contributed by atoms with E-state index in [1.807, 2.05) is 0 Å². The van der Waals surface area contributed by atoms with Crippen LogP contribution in [0.25, 0.3) is 6.08 Å². The van der Waals surface area contributed by atoms with E-state index in [0.717, 1.165) is 0 Å². The van der Waals surface area contributed by atoms with Gasteiger partial charge in [-0.1, -0.05) is 51.3 Å². The predicted octanol–water partition coefficient (Wildman–Crippen LogP) is 6.08. The lowest BCUT2D eigenvalue weighted by Crippen LogP contribution is -2.31. The van der Waals surface area contributed by atoms with Gasteiger partial charge in [0.25, 0.3) is 17.5 Å². The van der Waals surface area contributed by atoms with Crippen molar-refractivity contribution in [2.24, 2.45) is 0 Å². The number of anilines is 1. The molecule has 2 amide bonds. The molecule has 0 spiro atoms. The van der Waals surface area contributed by atoms with Gasteiger partial charge in [-0.25, -0.2) is 0 Å². The standard InChI is InChI=1S/C23H16BrCl2N3O5/c1-34-21-8-5-14(24)11-17(21)22(30)28-20(10-13-3-2-4-16(9-13)29(32)33)23(31)27-19-12-15(25)6-7-18(19)26/h2-12H,1H3,(H,27,31)(H,28,30)/b20-10-. The van der Waals surface area contributed by atoms with Gasteiger partial charge in [0.05, 0.1) is 28.3 Å². The lowest BCUT2D eigenvalue weighted by Gasteiger charge is -2.14. The largest absolute Gasteiger partial charge is 0.496 e. The van der Waals surface area contributed by atoms with Gasteiger partial charge in [0.1, 0.15) is 11.4 Å². The number of methoxy groups -OCH3 is 1. The summed E-state index contributed by atoms with van der Waals surface area (Å²) >= 11 is 15.4. The summed E-state index contributed by atoms with van der Waals surface area (Å²) < 4.78 is 5.86. The number of non-ortho nitro benzene ring substituents is 1. The van der Waals surface area contributed by atoms with E-state index < -0.39 is 16.7 Å². The molecule has 0 atom stereocenters. The lowest BCUT2D eigenvalue weighted by atomic mass is 10.1. The number of halogens is 3. The van der Waals surface area contributed by atoms with Crippen LogP contribution in [0, 0.1) is 10.1 Å². The zero-order chi connectivity index (χ0) is 24.8. The Labute approximate surface area is 212 Å². The van der Waals surface area contributed by atoms with Crippen LogP contribution >= 0.6 is 39.1 Å². The number of carbonyl (C=O) groups excluding carboxylic acids is 2. The van der Waals surface area contributed by atoms with Crippen LogP contribution in [0.15, 0.2) is 70.8 Å². The summed E-state index contributed by atoms with van der Waals surface area (Å²) in [6.07, 6.45) is 1.31. The van der Waals surface area contributed by atoms with E-state index in [1.54, 1.807) is 24.3 Å². The van der Waals surface area contributed by atoms with Gasteiger partial charge in [0, 0.05) is 21.6 Å². The molecule has 2 N–H and O–H groups in total. The van der Waals surface area contributed by atoms with Gasteiger partial charge in [0.15, 0.2) is 0 Å². The highest BCUT2D eigenvalue weighted by atomic mass is 79.9. The molecule has 0 aromatic heterocycles. The van der Waals surface area contributed by atoms with Gasteiger partial charge in [-0.3, -0.25) is 19.7 Å². The first kappa shape index (κ1) is 25.2. The van der Waals surface area contributed by atoms with Crippen LogP contribution in [-0.2, 0) is 4.79 Å². The molecule has 0 saturated heterocycles. The number of hydrogen-bond donors (Lipinski definition) is 2. The number of carbonyl (C=O) groups is 2. The Morgan fingerprint density at radius 1 is 1.09 bits per heavy atom. The summed E-state index contributed by atoms with van der Waals surface area (Å²) in [7, 11) is 1.41. The smallest absolute Gasteiger partial charge is 0.272 e. The van der Waals surface area contributed by atoms with Crippen molar-refractivity contribution < 1.29 is 19.2 Å². The Kier molecular flexibility index (Phi) is 8.27. The SMILES string of the molecule is COc1ccc(Br)cc1C(=O)N/C(=C\c1cccc([N+](=O)[O-])c1)C(=O)Nc1cc(Cl)ccc1Cl. The van der Waals surface area contributed by atoms with Gasteiger partial charge < -0.3 is 15.4 Å². The van der Waals surface area contributed by atoms with E-state index in [-0.39, 0.29) is 33.4 Å². The first-order valence-electron chi connectivity index (χ1n) is 9.55. The highest BCUT2D eigenvalue weighted by molar-refractivity contribution is 9.10. The molecule has 0 bridgehead atoms. The Hall–Kier alpha value is -3.40. The third kappa shape index (κ3) is 6.34. The minimum atomic E-state index is -0.724. The Balaban J connectivity index is 2.01. The lowest BCUT2D eigenvalue weighted by molar-refractivity contribution is -0.384. The van der Waals surface area contributed by atoms with E-state index in [1.165, 1.54) is 49.6 Å². The third-order valence-corrected chi connectivity index (χ3v) is 5.53. The van der Waals surface area contributed by atoms with E-state index in [2.05, 4.69) is 26.6 Å². The molecule has 174 valence electrons. The predicted molar refractivity (Wildman–Crippen MR) is 134 cm³/mol. The molecule has 3 rings (SSSR count). The van der Waals surface area contributed by atoms with Crippen molar-refractivity contribution >= 4 is 68.4 Å². The molecular formula is C23H16BrCl2N3O5. The highest BCUT2D eigenvalue weighted by Gasteiger charge is 2.19. The van der Waals surface area contributed by atoms with Gasteiger partial charge in [-0.2, -0.15) is 0 Å². The van der Waals surface area contributed by atoms with Crippen molar-refractivity contribution in [3.63, 3.8) is 0 Å². The molecular weight excluding hydrogens is 549 g/mol. The highest BCUT2D eigenvalue weighted by Crippen LogP contribution is 2.27. The van der Waals surface area contributed by atoms with Crippen molar-refractivity contribution in [1.82, 2.24) is 5.32 Å². The summed E-state index contributed by atoms with van der Waals surface area (Å²) in [6, 6.07) is 14.9. The molecule has 0 aliphatic heterocycles. The van der Waals surface area contributed by atoms with E-state index >= 15 is 0 Å². The summed E-state index contributed by atoms with van der Waals surface area (Å²) in [5.74, 6) is -1.08. The average Bonchev–Trinajstić information content (AvgIpc) is 2.81. The maximum absolute atomic E-state index is 13.1. The molecule has 0 saturated carbocycles. The molecule has 0 unspecified atom stereocenters. The fourth-order valence-corrected chi connectivity index (χ4v) is 3.58. The van der Waals surface area contributed by atoms with Crippen molar-refractivity contribution in [2.45, 2.75) is 0 Å². The number of benzene rings is 3. The van der Waals surface area contributed by atoms with Crippen LogP contribution < -0.4 is 15.4 Å². The van der Waals surface area contributed by atoms with Crippen LogP contribution in [0.1, 0.15) is 15.9 Å². The van der Waals surface area contributed by atoms with E-state index in [0.29, 0.717) is 15.1 Å². The number of nitrogens with zero attached hydrogens (tertiary/aromatic N) is 1. The van der Waals surface area contributed by atoms with Crippen molar-refractivity contribution in [3.05, 3.63) is 102 Å². The molecule has 0 aliphatic carbocycles. The summed E-state index contributed by atoms with van der Waals surface area (Å²) in [4.78, 5) is 36.7. The van der Waals surface area contributed by atoms with Crippen molar-refractivity contribution in [2.75, 3.05) is 12.4 Å². The van der Waals surface area contributed by atoms with E-state index in [4.69, 9.17) is 27.9 Å². The first-order valence-corrected chi connectivity index (χ1v) is 11.1. The normalized spacial score (nSPS) is 11.0. The molecule has 0 aliphatic rings. The minimum absolute atomic E-state index is 0.162. The molecule has 34 heavy (non-hydrogen) atoms. The molecule has 0 heterocycles. The minimum Gasteiger partial charge on any atom is -0.496 e. The molecule has 0 radical (unpaired) electrons. The molecule has 8 nitrogen and oxygen atoms in total. The van der Waals surface area contributed by atoms with Crippen LogP contribution in [0.4, 0.5) is 11.4 Å². The first-order chi connectivity index (χ1) is 16.2. The Bertz CT molecular complexity index is 1310. The number of hydrogen-bond acceptors (Lipinski definition) is 5. The van der Waals surface area contributed by atoms with Crippen molar-refractivity contribution in [3.8, 4) is 5.75 Å². The number of nitro groups is 1. The summed E-state index contributed by atoms with van der Waals surface area (Å²) in [5, 5.41) is 16.9. The Morgan fingerprint density at radius 2 is 1.85 bits per heavy atom. The second-order valence-electron chi connectivity index (χ2n) is 6.79. The van der Waals surface area contributed by atoms with Gasteiger partial charge in [-0.05, 0) is 48.0 Å². The maximum Gasteiger partial charge on any atom is 0.272 e. The zero-order valence-electron chi connectivity index (χ0n) is 17.5. The quantitative estimate of drug-likeness (QED) is 0.205. The van der Waals surface area contributed by atoms with Gasteiger partial charge in [0.2, 0.25) is 0 Å². The molecule has 3 aromatic rings. The van der Waals surface area contributed by atoms with Gasteiger partial charge in [-0.15, -0.1) is 0 Å². The fourth-order valence-electron chi connectivity index (χ4n) is 2.88. The maximum atomic E-state index is 13.1. The molecule has 11 heteroatoms. The molecule has 0 fully saturated rings. The number of nitrogens with one attached hydrogen (secondary N) is 2. The molecule has 3 aromatic carbocycles. The van der Waals surface area contributed by atoms with E-state index in [9.17, 15) is 19.7 Å². The topological polar surface area (TPSA) is 111 Å². The van der Waals surface area contributed by atoms with Crippen LogP contribution in [0.5, 0.6) is 5.75 Å². The number of ether oxygens (including phenoxy) is 1. The van der Waals surface area contributed by atoms with Gasteiger partial charge >= 0.3 is 0 Å². The fraction of sp³-hybridized carbons (Fsp3) is 0.0435. The second-order valence-corrected chi connectivity index (χ2v) is 8.55. The van der Waals surface area contributed by atoms with Crippen LogP contribution in [0.2, 0.25) is 10.0 Å². The number of nitro benzene ring substituents is 1.